The highest BCUT2D eigenvalue weighted by Crippen LogP contribution is 2.47. The third-order valence-corrected chi connectivity index (χ3v) is 8.77. The van der Waals surface area contributed by atoms with Crippen LogP contribution in [0.15, 0.2) is 22.9 Å². The first kappa shape index (κ1) is 26.6. The smallest absolute Gasteiger partial charge is 0.269 e. The van der Waals surface area contributed by atoms with Gasteiger partial charge in [-0.3, -0.25) is 14.5 Å². The standard InChI is InChI=1S/C28H35N7O5/c1-16(24-19(38-3)10-13-34(24)2)39-22-15-21(35-14-9-18(32-35)26(29)37)30-27(31-22)23-17-7-6-12-28(25(17)40-33-23)11-5-4-8-20(28)36/h9,14-16,19,24H,4-8,10-13H2,1-3H3,(H2,29,37)/t16-,19-,24+,28+/m0/s1. The number of likely N-dealkylation sites (tertiary alicyclic amines) is 1. The van der Waals surface area contributed by atoms with Crippen molar-refractivity contribution in [3.63, 3.8) is 0 Å². The van der Waals surface area contributed by atoms with Crippen LogP contribution in [0.4, 0.5) is 0 Å². The van der Waals surface area contributed by atoms with E-state index in [1.165, 1.54) is 10.7 Å². The number of ether oxygens (including phenoxy) is 2. The number of carbonyl (C=O) groups excluding carboxylic acids is 2. The second-order valence-electron chi connectivity index (χ2n) is 11.2. The number of methoxy groups -OCH3 is 1. The van der Waals surface area contributed by atoms with Gasteiger partial charge in [-0.25, -0.2) is 9.67 Å². The lowest BCUT2D eigenvalue weighted by Crippen LogP contribution is -2.44. The van der Waals surface area contributed by atoms with Crippen molar-refractivity contribution in [3.05, 3.63) is 35.3 Å². The van der Waals surface area contributed by atoms with Gasteiger partial charge in [0.15, 0.2) is 23.1 Å². The number of likely N-dealkylation sites (N-methyl/N-ethyl adjacent to an activating group) is 1. The van der Waals surface area contributed by atoms with Gasteiger partial charge in [-0.15, -0.1) is 0 Å². The first-order valence-corrected chi connectivity index (χ1v) is 14.0. The molecule has 2 N–H and O–H groups in total. The van der Waals surface area contributed by atoms with Crippen LogP contribution in [0.25, 0.3) is 17.3 Å². The molecule has 3 aromatic heterocycles. The molecule has 4 atom stereocenters. The molecular weight excluding hydrogens is 514 g/mol. The molecule has 2 aliphatic carbocycles. The molecular formula is C28H35N7O5. The number of carbonyl (C=O) groups is 2. The molecule has 3 aliphatic rings. The third-order valence-electron chi connectivity index (χ3n) is 8.77. The van der Waals surface area contributed by atoms with Gasteiger partial charge in [0.2, 0.25) is 5.88 Å². The minimum absolute atomic E-state index is 0.0371. The van der Waals surface area contributed by atoms with Crippen molar-refractivity contribution < 1.29 is 23.6 Å². The Morgan fingerprint density at radius 1 is 1.23 bits per heavy atom. The van der Waals surface area contributed by atoms with Gasteiger partial charge in [0.25, 0.3) is 5.91 Å². The van der Waals surface area contributed by atoms with Crippen LogP contribution in [0, 0.1) is 0 Å². The van der Waals surface area contributed by atoms with Crippen LogP contribution in [-0.4, -0.2) is 80.4 Å². The van der Waals surface area contributed by atoms with Crippen LogP contribution >= 0.6 is 0 Å². The lowest BCUT2D eigenvalue weighted by atomic mass is 9.64. The monoisotopic (exact) mass is 549 g/mol. The van der Waals surface area contributed by atoms with Crippen LogP contribution in [0.5, 0.6) is 5.88 Å². The van der Waals surface area contributed by atoms with E-state index in [2.05, 4.69) is 22.2 Å². The van der Waals surface area contributed by atoms with Gasteiger partial charge in [0.05, 0.1) is 17.6 Å². The van der Waals surface area contributed by atoms with Crippen molar-refractivity contribution in [3.8, 4) is 23.2 Å². The summed E-state index contributed by atoms with van der Waals surface area (Å²) < 4.78 is 19.5. The Bertz CT molecular complexity index is 1430. The third kappa shape index (κ3) is 4.48. The number of amides is 1. The van der Waals surface area contributed by atoms with Crippen LogP contribution < -0.4 is 10.5 Å². The topological polar surface area (TPSA) is 151 Å². The second-order valence-corrected chi connectivity index (χ2v) is 11.2. The van der Waals surface area contributed by atoms with Gasteiger partial charge in [-0.05, 0) is 58.6 Å². The maximum atomic E-state index is 13.2. The summed E-state index contributed by atoms with van der Waals surface area (Å²) in [5.41, 5.74) is 6.32. The summed E-state index contributed by atoms with van der Waals surface area (Å²) in [7, 11) is 3.77. The zero-order valence-corrected chi connectivity index (χ0v) is 23.1. The van der Waals surface area contributed by atoms with Crippen molar-refractivity contribution in [2.75, 3.05) is 20.7 Å². The predicted molar refractivity (Wildman–Crippen MR) is 143 cm³/mol. The highest BCUT2D eigenvalue weighted by molar-refractivity contribution is 5.91. The highest BCUT2D eigenvalue weighted by atomic mass is 16.5. The molecule has 212 valence electrons. The molecule has 1 aliphatic heterocycles. The van der Waals surface area contributed by atoms with E-state index >= 15 is 0 Å². The molecule has 1 amide bonds. The zero-order chi connectivity index (χ0) is 28.0. The fourth-order valence-corrected chi connectivity index (χ4v) is 6.76. The average molecular weight is 550 g/mol. The Kier molecular flexibility index (Phi) is 6.91. The van der Waals surface area contributed by atoms with E-state index in [0.29, 0.717) is 35.4 Å². The van der Waals surface area contributed by atoms with Crippen LogP contribution in [0.1, 0.15) is 73.7 Å². The number of primary amides is 1. The van der Waals surface area contributed by atoms with E-state index in [-0.39, 0.29) is 29.7 Å². The molecule has 0 aromatic carbocycles. The van der Waals surface area contributed by atoms with Gasteiger partial charge in [0.1, 0.15) is 17.6 Å². The van der Waals surface area contributed by atoms with E-state index in [1.54, 1.807) is 19.4 Å². The minimum atomic E-state index is -0.638. The summed E-state index contributed by atoms with van der Waals surface area (Å²) in [6, 6.07) is 3.24. The Morgan fingerprint density at radius 2 is 2.05 bits per heavy atom. The minimum Gasteiger partial charge on any atom is -0.473 e. The Balaban J connectivity index is 1.41. The van der Waals surface area contributed by atoms with E-state index in [1.807, 2.05) is 6.92 Å². The van der Waals surface area contributed by atoms with Crippen molar-refractivity contribution in [1.82, 2.24) is 29.8 Å². The molecule has 0 unspecified atom stereocenters. The summed E-state index contributed by atoms with van der Waals surface area (Å²) in [5, 5.41) is 8.70. The fourth-order valence-electron chi connectivity index (χ4n) is 6.76. The largest absolute Gasteiger partial charge is 0.473 e. The number of Topliss-reactive ketones (excluding diaryl/α,β-unsaturated/α-hetero) is 1. The van der Waals surface area contributed by atoms with Crippen molar-refractivity contribution in [1.29, 1.82) is 0 Å². The number of ketones is 1. The molecule has 3 aromatic rings. The first-order valence-electron chi connectivity index (χ1n) is 14.0. The van der Waals surface area contributed by atoms with E-state index in [0.717, 1.165) is 57.1 Å². The van der Waals surface area contributed by atoms with Crippen LogP contribution in [-0.2, 0) is 21.4 Å². The lowest BCUT2D eigenvalue weighted by molar-refractivity contribution is -0.128. The van der Waals surface area contributed by atoms with E-state index in [4.69, 9.17) is 29.7 Å². The quantitative estimate of drug-likeness (QED) is 0.465. The molecule has 0 bridgehead atoms. The lowest BCUT2D eigenvalue weighted by Gasteiger charge is -2.36. The number of nitrogens with two attached hydrogens (primary N) is 1. The van der Waals surface area contributed by atoms with Gasteiger partial charge in [-0.1, -0.05) is 11.6 Å². The average Bonchev–Trinajstić information content (AvgIpc) is 3.69. The maximum Gasteiger partial charge on any atom is 0.269 e. The van der Waals surface area contributed by atoms with Gasteiger partial charge < -0.3 is 19.7 Å². The number of rotatable bonds is 7. The fraction of sp³-hybridized carbons (Fsp3) is 0.571. The summed E-state index contributed by atoms with van der Waals surface area (Å²) >= 11 is 0. The molecule has 12 heteroatoms. The molecule has 6 rings (SSSR count). The molecule has 1 saturated carbocycles. The normalized spacial score (nSPS) is 25.7. The molecule has 0 radical (unpaired) electrons. The SMILES string of the molecule is CO[C@H]1CCN(C)[C@@H]1[C@H](C)Oc1cc(-n2ccc(C(N)=O)n2)nc(-c2noc3c2CCC[C@@]32CCCCC2=O)n1. The molecule has 1 spiro atoms. The summed E-state index contributed by atoms with van der Waals surface area (Å²) in [4.78, 5) is 36.6. The summed E-state index contributed by atoms with van der Waals surface area (Å²) in [6.45, 7) is 2.90. The highest BCUT2D eigenvalue weighted by Gasteiger charge is 2.48. The first-order chi connectivity index (χ1) is 19.3. The van der Waals surface area contributed by atoms with Gasteiger partial charge in [0, 0.05) is 37.9 Å². The summed E-state index contributed by atoms with van der Waals surface area (Å²) in [5.74, 6) is 1.28. The molecule has 1 saturated heterocycles. The number of fused-ring (bicyclic) bond motifs is 2. The molecule has 4 heterocycles. The van der Waals surface area contributed by atoms with Gasteiger partial charge in [-0.2, -0.15) is 10.1 Å². The predicted octanol–water partition coefficient (Wildman–Crippen LogP) is 2.62. The number of hydrogen-bond donors (Lipinski definition) is 1. The molecule has 40 heavy (non-hydrogen) atoms. The van der Waals surface area contributed by atoms with Crippen molar-refractivity contribution >= 4 is 11.7 Å². The summed E-state index contributed by atoms with van der Waals surface area (Å²) in [6.07, 6.45) is 7.92. The van der Waals surface area contributed by atoms with Crippen LogP contribution in [0.3, 0.4) is 0 Å². The number of nitrogens with zero attached hydrogens (tertiary/aromatic N) is 6. The van der Waals surface area contributed by atoms with Crippen molar-refractivity contribution in [2.45, 2.75) is 82.0 Å². The van der Waals surface area contributed by atoms with Crippen LogP contribution in [0.2, 0.25) is 0 Å². The Hall–Kier alpha value is -3.64. The maximum absolute atomic E-state index is 13.2. The van der Waals surface area contributed by atoms with Crippen molar-refractivity contribution in [2.24, 2.45) is 5.73 Å². The molecule has 2 fully saturated rings. The van der Waals surface area contributed by atoms with E-state index in [9.17, 15) is 9.59 Å². The number of hydrogen-bond acceptors (Lipinski definition) is 10. The van der Waals surface area contributed by atoms with Gasteiger partial charge >= 0.3 is 0 Å². The molecule has 12 nitrogen and oxygen atoms in total. The Morgan fingerprint density at radius 3 is 2.80 bits per heavy atom. The van der Waals surface area contributed by atoms with E-state index < -0.39 is 11.3 Å². The zero-order valence-electron chi connectivity index (χ0n) is 23.1. The Labute approximate surface area is 232 Å². The number of aromatic nitrogens is 5. The second kappa shape index (κ2) is 10.4.